The van der Waals surface area contributed by atoms with Crippen LogP contribution in [0.3, 0.4) is 0 Å². The van der Waals surface area contributed by atoms with Crippen LogP contribution in [0.2, 0.25) is 0 Å². The SMILES string of the molecule is O=C(C=Cc1cccc(F)c1)Oc1ccc(-n2cnnn2)cc1. The van der Waals surface area contributed by atoms with E-state index in [1.807, 2.05) is 0 Å². The van der Waals surface area contributed by atoms with Crippen molar-refractivity contribution in [3.8, 4) is 11.4 Å². The van der Waals surface area contributed by atoms with Gasteiger partial charge in [-0.3, -0.25) is 0 Å². The molecule has 0 unspecified atom stereocenters. The molecule has 7 heteroatoms. The molecule has 2 aromatic carbocycles. The van der Waals surface area contributed by atoms with Crippen molar-refractivity contribution >= 4 is 12.0 Å². The topological polar surface area (TPSA) is 69.9 Å². The van der Waals surface area contributed by atoms with E-state index in [2.05, 4.69) is 15.5 Å². The molecule has 0 N–H and O–H groups in total. The number of carbonyl (C=O) groups excluding carboxylic acids is 1. The Balaban J connectivity index is 1.64. The Morgan fingerprint density at radius 1 is 1.17 bits per heavy atom. The number of halogens is 1. The fourth-order valence-electron chi connectivity index (χ4n) is 1.87. The molecule has 0 bridgehead atoms. The first-order valence-electron chi connectivity index (χ1n) is 6.69. The molecular weight excluding hydrogens is 299 g/mol. The summed E-state index contributed by atoms with van der Waals surface area (Å²) in [6.45, 7) is 0. The summed E-state index contributed by atoms with van der Waals surface area (Å²) in [5, 5.41) is 10.8. The molecule has 3 aromatic rings. The van der Waals surface area contributed by atoms with Crippen LogP contribution in [0.25, 0.3) is 11.8 Å². The Kier molecular flexibility index (Phi) is 4.19. The summed E-state index contributed by atoms with van der Waals surface area (Å²) in [5.74, 6) is -0.529. The van der Waals surface area contributed by atoms with Crippen LogP contribution in [-0.2, 0) is 4.79 Å². The Morgan fingerprint density at radius 3 is 2.70 bits per heavy atom. The Morgan fingerprint density at radius 2 is 2.00 bits per heavy atom. The minimum atomic E-state index is -0.551. The highest BCUT2D eigenvalue weighted by Crippen LogP contribution is 2.15. The van der Waals surface area contributed by atoms with Gasteiger partial charge in [0, 0.05) is 6.08 Å². The maximum atomic E-state index is 13.0. The number of hydrogen-bond acceptors (Lipinski definition) is 5. The number of aromatic nitrogens is 4. The van der Waals surface area contributed by atoms with Crippen molar-refractivity contribution in [3.63, 3.8) is 0 Å². The number of ether oxygens (including phenoxy) is 1. The van der Waals surface area contributed by atoms with Crippen molar-refractivity contribution < 1.29 is 13.9 Å². The largest absolute Gasteiger partial charge is 0.423 e. The van der Waals surface area contributed by atoms with E-state index in [-0.39, 0.29) is 5.82 Å². The van der Waals surface area contributed by atoms with E-state index < -0.39 is 5.97 Å². The summed E-state index contributed by atoms with van der Waals surface area (Å²) in [6.07, 6.45) is 4.19. The molecule has 1 heterocycles. The standard InChI is InChI=1S/C16H11FN4O2/c17-13-3-1-2-12(10-13)4-9-16(22)23-15-7-5-14(6-8-15)21-11-18-19-20-21/h1-11H. The van der Waals surface area contributed by atoms with Gasteiger partial charge >= 0.3 is 5.97 Å². The van der Waals surface area contributed by atoms with Crippen LogP contribution < -0.4 is 4.74 Å². The molecule has 0 fully saturated rings. The monoisotopic (exact) mass is 310 g/mol. The normalized spacial score (nSPS) is 10.8. The highest BCUT2D eigenvalue weighted by molar-refractivity contribution is 5.88. The van der Waals surface area contributed by atoms with Gasteiger partial charge in [-0.1, -0.05) is 12.1 Å². The van der Waals surface area contributed by atoms with E-state index in [1.54, 1.807) is 36.4 Å². The number of carbonyl (C=O) groups is 1. The minimum Gasteiger partial charge on any atom is -0.423 e. The van der Waals surface area contributed by atoms with Gasteiger partial charge in [0.1, 0.15) is 17.9 Å². The van der Waals surface area contributed by atoms with Gasteiger partial charge in [-0.15, -0.1) is 5.10 Å². The van der Waals surface area contributed by atoms with Crippen molar-refractivity contribution in [2.75, 3.05) is 0 Å². The van der Waals surface area contributed by atoms with E-state index in [4.69, 9.17) is 4.74 Å². The quantitative estimate of drug-likeness (QED) is 0.420. The molecule has 0 aliphatic rings. The second-order valence-electron chi connectivity index (χ2n) is 4.56. The van der Waals surface area contributed by atoms with E-state index >= 15 is 0 Å². The van der Waals surface area contributed by atoms with Crippen LogP contribution >= 0.6 is 0 Å². The van der Waals surface area contributed by atoms with Crippen molar-refractivity contribution in [3.05, 3.63) is 72.3 Å². The van der Waals surface area contributed by atoms with Crippen molar-refractivity contribution in [1.82, 2.24) is 20.2 Å². The molecule has 3 rings (SSSR count). The maximum absolute atomic E-state index is 13.0. The molecule has 1 aromatic heterocycles. The van der Waals surface area contributed by atoms with Gasteiger partial charge in [-0.2, -0.15) is 0 Å². The second-order valence-corrected chi connectivity index (χ2v) is 4.56. The molecule has 114 valence electrons. The van der Waals surface area contributed by atoms with Crippen molar-refractivity contribution in [2.24, 2.45) is 0 Å². The summed E-state index contributed by atoms with van der Waals surface area (Å²) in [6, 6.07) is 12.6. The van der Waals surface area contributed by atoms with E-state index in [1.165, 1.54) is 35.3 Å². The fraction of sp³-hybridized carbons (Fsp3) is 0. The molecule has 0 spiro atoms. The summed E-state index contributed by atoms with van der Waals surface area (Å²) in [5.41, 5.74) is 1.32. The molecule has 0 amide bonds. The molecule has 0 aliphatic carbocycles. The number of benzene rings is 2. The van der Waals surface area contributed by atoms with Crippen LogP contribution in [0.1, 0.15) is 5.56 Å². The lowest BCUT2D eigenvalue weighted by Gasteiger charge is -2.03. The number of tetrazole rings is 1. The highest BCUT2D eigenvalue weighted by atomic mass is 19.1. The van der Waals surface area contributed by atoms with Crippen molar-refractivity contribution in [2.45, 2.75) is 0 Å². The van der Waals surface area contributed by atoms with Gasteiger partial charge in [0.05, 0.1) is 5.69 Å². The maximum Gasteiger partial charge on any atom is 0.336 e. The third-order valence-corrected chi connectivity index (χ3v) is 2.93. The Bertz CT molecular complexity index is 830. The predicted molar refractivity (Wildman–Crippen MR) is 80.2 cm³/mol. The van der Waals surface area contributed by atoms with Crippen LogP contribution in [0.15, 0.2) is 60.9 Å². The van der Waals surface area contributed by atoms with Crippen LogP contribution in [0.5, 0.6) is 5.75 Å². The van der Waals surface area contributed by atoms with Crippen LogP contribution in [-0.4, -0.2) is 26.2 Å². The second kappa shape index (κ2) is 6.61. The molecule has 0 atom stereocenters. The number of rotatable bonds is 4. The molecule has 0 saturated heterocycles. The molecular formula is C16H11FN4O2. The van der Waals surface area contributed by atoms with Gasteiger partial charge in [-0.05, 0) is 58.5 Å². The third kappa shape index (κ3) is 3.85. The Labute approximate surface area is 130 Å². The number of hydrogen-bond donors (Lipinski definition) is 0. The van der Waals surface area contributed by atoms with Gasteiger partial charge < -0.3 is 4.74 Å². The zero-order valence-corrected chi connectivity index (χ0v) is 11.8. The van der Waals surface area contributed by atoms with Gasteiger partial charge in [0.2, 0.25) is 0 Å². The van der Waals surface area contributed by atoms with Crippen LogP contribution in [0, 0.1) is 5.82 Å². The first-order chi connectivity index (χ1) is 11.2. The van der Waals surface area contributed by atoms with Gasteiger partial charge in [0.15, 0.2) is 0 Å². The predicted octanol–water partition coefficient (Wildman–Crippen LogP) is 2.42. The molecule has 0 aliphatic heterocycles. The summed E-state index contributed by atoms with van der Waals surface area (Å²) in [7, 11) is 0. The minimum absolute atomic E-state index is 0.362. The zero-order chi connectivity index (χ0) is 16.1. The smallest absolute Gasteiger partial charge is 0.336 e. The average molecular weight is 310 g/mol. The third-order valence-electron chi connectivity index (χ3n) is 2.93. The summed E-state index contributed by atoms with van der Waals surface area (Å²) in [4.78, 5) is 11.7. The lowest BCUT2D eigenvalue weighted by atomic mass is 10.2. The van der Waals surface area contributed by atoms with E-state index in [0.717, 1.165) is 5.69 Å². The fourth-order valence-corrected chi connectivity index (χ4v) is 1.87. The van der Waals surface area contributed by atoms with Gasteiger partial charge in [0.25, 0.3) is 0 Å². The molecule has 23 heavy (non-hydrogen) atoms. The average Bonchev–Trinajstić information content (AvgIpc) is 3.08. The first-order valence-corrected chi connectivity index (χ1v) is 6.69. The van der Waals surface area contributed by atoms with Crippen molar-refractivity contribution in [1.29, 1.82) is 0 Å². The van der Waals surface area contributed by atoms with E-state index in [9.17, 15) is 9.18 Å². The number of esters is 1. The van der Waals surface area contributed by atoms with E-state index in [0.29, 0.717) is 11.3 Å². The molecule has 6 nitrogen and oxygen atoms in total. The van der Waals surface area contributed by atoms with Crippen LogP contribution in [0.4, 0.5) is 4.39 Å². The highest BCUT2D eigenvalue weighted by Gasteiger charge is 2.02. The zero-order valence-electron chi connectivity index (χ0n) is 11.8. The summed E-state index contributed by atoms with van der Waals surface area (Å²) < 4.78 is 19.7. The number of nitrogens with zero attached hydrogens (tertiary/aromatic N) is 4. The molecule has 0 radical (unpaired) electrons. The Hall–Kier alpha value is -3.35. The summed E-state index contributed by atoms with van der Waals surface area (Å²) >= 11 is 0. The van der Waals surface area contributed by atoms with Gasteiger partial charge in [-0.25, -0.2) is 13.9 Å². The first kappa shape index (κ1) is 14.6. The lowest BCUT2D eigenvalue weighted by molar-refractivity contribution is -0.128. The lowest BCUT2D eigenvalue weighted by Crippen LogP contribution is -2.04. The molecule has 0 saturated carbocycles.